The molecular weight excluding hydrogens is 344 g/mol. The number of amides is 1. The highest BCUT2D eigenvalue weighted by molar-refractivity contribution is 5.83. The van der Waals surface area contributed by atoms with Crippen molar-refractivity contribution in [1.29, 1.82) is 0 Å². The second-order valence-corrected chi connectivity index (χ2v) is 6.43. The van der Waals surface area contributed by atoms with Crippen LogP contribution in [0.5, 0.6) is 0 Å². The molecule has 138 valence electrons. The van der Waals surface area contributed by atoms with E-state index in [0.29, 0.717) is 29.9 Å². The van der Waals surface area contributed by atoms with Crippen molar-refractivity contribution in [3.05, 3.63) is 70.5 Å². The Bertz CT molecular complexity index is 1170. The zero-order chi connectivity index (χ0) is 19.0. The molecule has 7 heteroatoms. The molecule has 0 fully saturated rings. The van der Waals surface area contributed by atoms with Gasteiger partial charge in [0.25, 0.3) is 5.56 Å². The van der Waals surface area contributed by atoms with Crippen molar-refractivity contribution >= 4 is 22.5 Å². The molecule has 0 aliphatic rings. The van der Waals surface area contributed by atoms with E-state index in [4.69, 9.17) is 4.42 Å². The number of aromatic nitrogens is 3. The van der Waals surface area contributed by atoms with Crippen LogP contribution in [0.3, 0.4) is 0 Å². The summed E-state index contributed by atoms with van der Waals surface area (Å²) in [5.74, 6) is 0.443. The first-order chi connectivity index (χ1) is 13.1. The average Bonchev–Trinajstić information content (AvgIpc) is 3.29. The number of carbonyl (C=O) groups is 1. The minimum Gasteiger partial charge on any atom is -0.463 e. The summed E-state index contributed by atoms with van der Waals surface area (Å²) >= 11 is 0. The Balaban J connectivity index is 1.69. The Morgan fingerprint density at radius 1 is 1.22 bits per heavy atom. The van der Waals surface area contributed by atoms with Crippen LogP contribution >= 0.6 is 0 Å². The molecule has 0 aliphatic heterocycles. The van der Waals surface area contributed by atoms with Crippen molar-refractivity contribution in [3.63, 3.8) is 0 Å². The van der Waals surface area contributed by atoms with Gasteiger partial charge in [0.15, 0.2) is 5.58 Å². The van der Waals surface area contributed by atoms with Gasteiger partial charge in [-0.1, -0.05) is 37.3 Å². The van der Waals surface area contributed by atoms with Crippen molar-refractivity contribution in [3.8, 4) is 0 Å². The summed E-state index contributed by atoms with van der Waals surface area (Å²) in [5, 5.41) is 7.33. The third kappa shape index (κ3) is 2.91. The highest BCUT2D eigenvalue weighted by atomic mass is 16.3. The van der Waals surface area contributed by atoms with Gasteiger partial charge in [0.2, 0.25) is 5.91 Å². The minimum absolute atomic E-state index is 0.255. The summed E-state index contributed by atoms with van der Waals surface area (Å²) in [6.45, 7) is 4.04. The second-order valence-electron chi connectivity index (χ2n) is 6.43. The molecule has 1 amide bonds. The van der Waals surface area contributed by atoms with Gasteiger partial charge in [0, 0.05) is 25.1 Å². The highest BCUT2D eigenvalue weighted by Crippen LogP contribution is 2.21. The maximum atomic E-state index is 12.9. The van der Waals surface area contributed by atoms with E-state index in [0.717, 1.165) is 11.1 Å². The first-order valence-corrected chi connectivity index (χ1v) is 8.92. The number of fused-ring (bicyclic) bond motifs is 3. The molecule has 0 aliphatic carbocycles. The van der Waals surface area contributed by atoms with E-state index in [9.17, 15) is 9.59 Å². The van der Waals surface area contributed by atoms with Crippen molar-refractivity contribution in [2.45, 2.75) is 32.9 Å². The van der Waals surface area contributed by atoms with Crippen LogP contribution in [0.2, 0.25) is 0 Å². The van der Waals surface area contributed by atoms with Crippen molar-refractivity contribution in [2.24, 2.45) is 0 Å². The van der Waals surface area contributed by atoms with Crippen LogP contribution in [-0.4, -0.2) is 20.1 Å². The van der Waals surface area contributed by atoms with E-state index < -0.39 is 6.04 Å². The van der Waals surface area contributed by atoms with Gasteiger partial charge in [-0.05, 0) is 12.5 Å². The number of furan rings is 1. The fourth-order valence-corrected chi connectivity index (χ4v) is 3.23. The first kappa shape index (κ1) is 17.1. The average molecular weight is 364 g/mol. The van der Waals surface area contributed by atoms with E-state index in [1.807, 2.05) is 43.3 Å². The topological polar surface area (TPSA) is 81.5 Å². The lowest BCUT2D eigenvalue weighted by Crippen LogP contribution is -2.38. The molecular formula is C20H20N4O3. The molecule has 1 aromatic carbocycles. The van der Waals surface area contributed by atoms with Gasteiger partial charge < -0.3 is 9.73 Å². The zero-order valence-corrected chi connectivity index (χ0v) is 15.2. The van der Waals surface area contributed by atoms with Gasteiger partial charge in [-0.25, -0.2) is 4.68 Å². The standard InChI is InChI=1S/C20H20N4O3/c1-3-18-22-24(13(2)19(25)21-12-14-7-5-4-6-8-14)20(26)16-11-17-15(23(16)18)9-10-27-17/h4-11,13H,3,12H2,1-2H3,(H,21,25). The molecule has 1 atom stereocenters. The molecule has 7 nitrogen and oxygen atoms in total. The normalized spacial score (nSPS) is 12.5. The smallest absolute Gasteiger partial charge is 0.291 e. The summed E-state index contributed by atoms with van der Waals surface area (Å²) in [5.41, 5.74) is 2.57. The van der Waals surface area contributed by atoms with E-state index >= 15 is 0 Å². The third-order valence-corrected chi connectivity index (χ3v) is 4.70. The van der Waals surface area contributed by atoms with Gasteiger partial charge in [0.05, 0.1) is 11.8 Å². The summed E-state index contributed by atoms with van der Waals surface area (Å²) in [4.78, 5) is 25.5. The second kappa shape index (κ2) is 6.75. The van der Waals surface area contributed by atoms with Crippen molar-refractivity contribution < 1.29 is 9.21 Å². The summed E-state index contributed by atoms with van der Waals surface area (Å²) in [7, 11) is 0. The van der Waals surface area contributed by atoms with E-state index in [1.165, 1.54) is 4.68 Å². The van der Waals surface area contributed by atoms with Crippen LogP contribution < -0.4 is 10.9 Å². The van der Waals surface area contributed by atoms with Gasteiger partial charge in [-0.3, -0.25) is 14.0 Å². The first-order valence-electron chi connectivity index (χ1n) is 8.92. The molecule has 0 bridgehead atoms. The largest absolute Gasteiger partial charge is 0.463 e. The van der Waals surface area contributed by atoms with Gasteiger partial charge in [-0.2, -0.15) is 5.10 Å². The number of carbonyl (C=O) groups excluding carboxylic acids is 1. The Kier molecular flexibility index (Phi) is 4.27. The number of hydrogen-bond acceptors (Lipinski definition) is 4. The molecule has 4 rings (SSSR count). The lowest BCUT2D eigenvalue weighted by atomic mass is 10.2. The van der Waals surface area contributed by atoms with Gasteiger partial charge in [0.1, 0.15) is 17.4 Å². The SMILES string of the molecule is CCc1nn(C(C)C(=O)NCc2ccccc2)c(=O)c2cc3occc3n12. The van der Waals surface area contributed by atoms with Crippen molar-refractivity contribution in [2.75, 3.05) is 0 Å². The minimum atomic E-state index is -0.724. The number of benzene rings is 1. The van der Waals surface area contributed by atoms with Crippen LogP contribution in [0, 0.1) is 0 Å². The summed E-state index contributed by atoms with van der Waals surface area (Å²) < 4.78 is 8.47. The Morgan fingerprint density at radius 3 is 2.74 bits per heavy atom. The fourth-order valence-electron chi connectivity index (χ4n) is 3.23. The number of aryl methyl sites for hydroxylation is 1. The van der Waals surface area contributed by atoms with Crippen LogP contribution in [0.25, 0.3) is 16.6 Å². The quantitative estimate of drug-likeness (QED) is 0.590. The van der Waals surface area contributed by atoms with Crippen LogP contribution in [0.1, 0.15) is 31.3 Å². The molecule has 3 aromatic heterocycles. The van der Waals surface area contributed by atoms with Crippen LogP contribution in [0.4, 0.5) is 0 Å². The van der Waals surface area contributed by atoms with E-state index in [1.54, 1.807) is 23.7 Å². The maximum absolute atomic E-state index is 12.9. The molecule has 3 heterocycles. The number of hydrogen-bond donors (Lipinski definition) is 1. The lowest BCUT2D eigenvalue weighted by Gasteiger charge is -2.16. The monoisotopic (exact) mass is 364 g/mol. The molecule has 27 heavy (non-hydrogen) atoms. The van der Waals surface area contributed by atoms with Gasteiger partial charge in [-0.15, -0.1) is 0 Å². The molecule has 1 N–H and O–H groups in total. The molecule has 4 aromatic rings. The number of nitrogens with zero attached hydrogens (tertiary/aromatic N) is 3. The third-order valence-electron chi connectivity index (χ3n) is 4.70. The van der Waals surface area contributed by atoms with E-state index in [2.05, 4.69) is 10.4 Å². The van der Waals surface area contributed by atoms with Gasteiger partial charge >= 0.3 is 0 Å². The van der Waals surface area contributed by atoms with Crippen LogP contribution in [0.15, 0.2) is 57.9 Å². The highest BCUT2D eigenvalue weighted by Gasteiger charge is 2.22. The Morgan fingerprint density at radius 2 is 2.00 bits per heavy atom. The molecule has 0 radical (unpaired) electrons. The predicted molar refractivity (Wildman–Crippen MR) is 102 cm³/mol. The molecule has 1 unspecified atom stereocenters. The molecule has 0 saturated carbocycles. The molecule has 0 spiro atoms. The number of nitrogens with one attached hydrogen (secondary N) is 1. The molecule has 0 saturated heterocycles. The Labute approximate surface area is 155 Å². The lowest BCUT2D eigenvalue weighted by molar-refractivity contribution is -0.124. The van der Waals surface area contributed by atoms with Crippen molar-refractivity contribution in [1.82, 2.24) is 19.5 Å². The van der Waals surface area contributed by atoms with E-state index in [-0.39, 0.29) is 11.5 Å². The summed E-state index contributed by atoms with van der Waals surface area (Å²) in [6, 6.07) is 12.4. The summed E-state index contributed by atoms with van der Waals surface area (Å²) in [6.07, 6.45) is 2.20. The zero-order valence-electron chi connectivity index (χ0n) is 15.2. The fraction of sp³-hybridized carbons (Fsp3) is 0.250. The van der Waals surface area contributed by atoms with Crippen LogP contribution in [-0.2, 0) is 17.8 Å². The Hall–Kier alpha value is -3.35. The predicted octanol–water partition coefficient (Wildman–Crippen LogP) is 2.68. The number of rotatable bonds is 5. The maximum Gasteiger partial charge on any atom is 0.291 e.